The Bertz CT molecular complexity index is 4350. The van der Waals surface area contributed by atoms with Gasteiger partial charge in [0.1, 0.15) is 0 Å². The highest BCUT2D eigenvalue weighted by molar-refractivity contribution is 8.13. The lowest BCUT2D eigenvalue weighted by Gasteiger charge is -2.32. The van der Waals surface area contributed by atoms with Crippen LogP contribution in [-0.2, 0) is 5.41 Å². The molecule has 1 nitrogen and oxygen atoms in total. The standard InChI is InChI=1S/C76H59NS2/c1-76(56-24-8-6-9-25-56,57-42-46-62(47-43-57)78(2)3)58-26-20-22-54(50-58)74-68-34-16-12-30-64(68)72(65-31-13-17-35-69(65)74)52-38-40-53(41-39-52)73-66-32-14-18-36-70(66)75(71-37-19-15-33-67(71)73)55-23-21-29-61(51-55)77(59-27-10-7-11-28-59)60-44-48-63(49-45-60)79(4)5/h6-51H,2,4H2,1,3,5H3. The molecule has 0 radical (unpaired) electrons. The maximum absolute atomic E-state index is 4.33. The Morgan fingerprint density at radius 3 is 1.03 bits per heavy atom. The maximum Gasteiger partial charge on any atom is 0.0467 e. The molecule has 3 heteroatoms. The summed E-state index contributed by atoms with van der Waals surface area (Å²) in [5, 5.41) is 9.84. The van der Waals surface area contributed by atoms with Gasteiger partial charge in [-0.3, -0.25) is 0 Å². The van der Waals surface area contributed by atoms with Crippen LogP contribution in [0.4, 0.5) is 17.1 Å². The van der Waals surface area contributed by atoms with Crippen LogP contribution in [-0.4, -0.2) is 24.3 Å². The Kier molecular flexibility index (Phi) is 13.1. The first kappa shape index (κ1) is 49.7. The zero-order chi connectivity index (χ0) is 53.6. The molecule has 0 fully saturated rings. The molecule has 0 saturated heterocycles. The fourth-order valence-electron chi connectivity index (χ4n) is 12.2. The third-order valence-corrected chi connectivity index (χ3v) is 18.3. The van der Waals surface area contributed by atoms with Gasteiger partial charge in [0.25, 0.3) is 0 Å². The molecule has 13 aromatic carbocycles. The minimum atomic E-state index is -0.400. The zero-order valence-electron chi connectivity index (χ0n) is 44.7. The Balaban J connectivity index is 0.927. The van der Waals surface area contributed by atoms with E-state index in [1.807, 2.05) is 0 Å². The van der Waals surface area contributed by atoms with Gasteiger partial charge in [0.15, 0.2) is 0 Å². The van der Waals surface area contributed by atoms with Crippen molar-refractivity contribution in [3.63, 3.8) is 0 Å². The van der Waals surface area contributed by atoms with E-state index in [0.717, 1.165) is 17.1 Å². The SMILES string of the molecule is C=S(C)c1ccc(N(c2ccccc2)c2cccc(-c3c4ccccc4c(-c4ccc(-c5c6ccccc6c(-c6cccc(C(C)(c7ccccc7)c7ccc(S(=C)C)cc7)c6)c6ccccc56)cc4)c4ccccc34)c2)cc1. The molecule has 0 aliphatic rings. The van der Waals surface area contributed by atoms with Crippen LogP contribution in [0.3, 0.4) is 0 Å². The van der Waals surface area contributed by atoms with Crippen molar-refractivity contribution in [1.82, 2.24) is 0 Å². The summed E-state index contributed by atoms with van der Waals surface area (Å²) < 4.78 is 0. The van der Waals surface area contributed by atoms with E-state index < -0.39 is 5.41 Å². The fourth-order valence-corrected chi connectivity index (χ4v) is 13.4. The molecule has 0 N–H and O–H groups in total. The van der Waals surface area contributed by atoms with E-state index in [1.165, 1.54) is 114 Å². The normalized spacial score (nSPS) is 13.1. The molecule has 0 bridgehead atoms. The lowest BCUT2D eigenvalue weighted by atomic mass is 9.70. The molecule has 79 heavy (non-hydrogen) atoms. The van der Waals surface area contributed by atoms with Gasteiger partial charge < -0.3 is 4.90 Å². The molecule has 3 unspecified atom stereocenters. The minimum Gasteiger partial charge on any atom is -0.310 e. The molecule has 0 aliphatic carbocycles. The van der Waals surface area contributed by atoms with Gasteiger partial charge >= 0.3 is 0 Å². The largest absolute Gasteiger partial charge is 0.310 e. The zero-order valence-corrected chi connectivity index (χ0v) is 46.4. The second-order valence-electron chi connectivity index (χ2n) is 20.8. The average molecular weight is 1050 g/mol. The van der Waals surface area contributed by atoms with Gasteiger partial charge in [0, 0.05) is 32.3 Å². The van der Waals surface area contributed by atoms with Crippen molar-refractivity contribution < 1.29 is 0 Å². The summed E-state index contributed by atoms with van der Waals surface area (Å²) in [5.74, 6) is 8.64. The fraction of sp³-hybridized carbons (Fsp3) is 0.0526. The van der Waals surface area contributed by atoms with Gasteiger partial charge in [0.2, 0.25) is 0 Å². The highest BCUT2D eigenvalue weighted by atomic mass is 32.2. The van der Waals surface area contributed by atoms with Crippen molar-refractivity contribution >= 4 is 92.9 Å². The molecular weight excluding hydrogens is 991 g/mol. The van der Waals surface area contributed by atoms with Crippen molar-refractivity contribution in [2.45, 2.75) is 22.1 Å². The molecule has 13 rings (SSSR count). The molecule has 0 heterocycles. The van der Waals surface area contributed by atoms with E-state index in [0.29, 0.717) is 0 Å². The number of anilines is 3. The van der Waals surface area contributed by atoms with E-state index in [2.05, 4.69) is 315 Å². The lowest BCUT2D eigenvalue weighted by Crippen LogP contribution is -2.25. The van der Waals surface area contributed by atoms with Gasteiger partial charge in [-0.1, -0.05) is 224 Å². The molecule has 0 saturated carbocycles. The molecule has 0 amide bonds. The molecule has 380 valence electrons. The van der Waals surface area contributed by atoms with Crippen LogP contribution in [0, 0.1) is 0 Å². The van der Waals surface area contributed by atoms with Crippen molar-refractivity contribution in [2.75, 3.05) is 17.4 Å². The molecule has 3 atom stereocenters. The smallest absolute Gasteiger partial charge is 0.0467 e. The van der Waals surface area contributed by atoms with Crippen LogP contribution in [0.25, 0.3) is 87.6 Å². The summed E-state index contributed by atoms with van der Waals surface area (Å²) >= 11 is 0. The number of hydrogen-bond acceptors (Lipinski definition) is 1. The predicted molar refractivity (Wildman–Crippen MR) is 349 cm³/mol. The van der Waals surface area contributed by atoms with Gasteiger partial charge in [-0.2, -0.15) is 21.0 Å². The molecule has 0 spiro atoms. The Morgan fingerprint density at radius 1 is 0.278 bits per heavy atom. The summed E-state index contributed by atoms with van der Waals surface area (Å²) in [7, 11) is -0.138. The second-order valence-corrected chi connectivity index (χ2v) is 24.3. The summed E-state index contributed by atoms with van der Waals surface area (Å²) in [6.07, 6.45) is 4.35. The van der Waals surface area contributed by atoms with E-state index >= 15 is 0 Å². The van der Waals surface area contributed by atoms with Gasteiger partial charge in [-0.05, 0) is 190 Å². The lowest BCUT2D eigenvalue weighted by molar-refractivity contribution is 0.692. The number of rotatable bonds is 12. The monoisotopic (exact) mass is 1050 g/mol. The highest BCUT2D eigenvalue weighted by Crippen LogP contribution is 2.49. The number of para-hydroxylation sites is 1. The van der Waals surface area contributed by atoms with Crippen LogP contribution in [0.5, 0.6) is 0 Å². The summed E-state index contributed by atoms with van der Waals surface area (Å²) in [6, 6.07) is 103. The third kappa shape index (κ3) is 8.90. The number of nitrogens with zero attached hydrogens (tertiary/aromatic N) is 1. The van der Waals surface area contributed by atoms with Crippen molar-refractivity contribution in [3.8, 4) is 44.5 Å². The molecule has 13 aromatic rings. The van der Waals surface area contributed by atoms with Crippen LogP contribution in [0.15, 0.2) is 289 Å². The number of benzene rings is 13. The van der Waals surface area contributed by atoms with E-state index in [1.54, 1.807) is 0 Å². The third-order valence-electron chi connectivity index (χ3n) is 16.1. The van der Waals surface area contributed by atoms with Crippen LogP contribution in [0.2, 0.25) is 0 Å². The van der Waals surface area contributed by atoms with E-state index in [9.17, 15) is 0 Å². The second kappa shape index (κ2) is 20.8. The van der Waals surface area contributed by atoms with Crippen LogP contribution < -0.4 is 4.90 Å². The predicted octanol–water partition coefficient (Wildman–Crippen LogP) is 21.2. The topological polar surface area (TPSA) is 3.24 Å². The van der Waals surface area contributed by atoms with Crippen molar-refractivity contribution in [1.29, 1.82) is 0 Å². The Morgan fingerprint density at radius 2 is 0.595 bits per heavy atom. The average Bonchev–Trinajstić information content (AvgIpc) is 3.58. The minimum absolute atomic E-state index is 0.0668. The van der Waals surface area contributed by atoms with Gasteiger partial charge in [0.05, 0.1) is 0 Å². The number of fused-ring (bicyclic) bond motifs is 4. The first-order chi connectivity index (χ1) is 38.7. The summed E-state index contributed by atoms with van der Waals surface area (Å²) in [4.78, 5) is 4.87. The van der Waals surface area contributed by atoms with E-state index in [-0.39, 0.29) is 21.0 Å². The first-order valence-electron chi connectivity index (χ1n) is 27.0. The quantitative estimate of drug-likeness (QED) is 0.0670. The highest BCUT2D eigenvalue weighted by Gasteiger charge is 2.32. The van der Waals surface area contributed by atoms with Gasteiger partial charge in [-0.15, -0.1) is 0 Å². The molecule has 0 aliphatic heterocycles. The van der Waals surface area contributed by atoms with E-state index in [4.69, 9.17) is 0 Å². The number of hydrogen-bond donors (Lipinski definition) is 0. The van der Waals surface area contributed by atoms with Crippen molar-refractivity contribution in [2.24, 2.45) is 0 Å². The van der Waals surface area contributed by atoms with Crippen molar-refractivity contribution in [3.05, 3.63) is 296 Å². The molecule has 0 aromatic heterocycles. The first-order valence-corrected chi connectivity index (χ1v) is 30.6. The summed E-state index contributed by atoms with van der Waals surface area (Å²) in [6.45, 7) is 2.38. The Labute approximate surface area is 469 Å². The molecular formula is C76H59NS2. The summed E-state index contributed by atoms with van der Waals surface area (Å²) in [5.41, 5.74) is 16.4. The van der Waals surface area contributed by atoms with Crippen LogP contribution in [0.1, 0.15) is 23.6 Å². The van der Waals surface area contributed by atoms with Crippen LogP contribution >= 0.6 is 21.0 Å². The maximum atomic E-state index is 4.33. The Hall–Kier alpha value is -8.86. The van der Waals surface area contributed by atoms with Gasteiger partial charge in [-0.25, -0.2) is 0 Å².